The summed E-state index contributed by atoms with van der Waals surface area (Å²) in [5.74, 6) is -2.54. The van der Waals surface area contributed by atoms with E-state index < -0.39 is 42.3 Å². The largest absolute Gasteiger partial charge is 0.505 e. The number of esters is 1. The van der Waals surface area contributed by atoms with Gasteiger partial charge in [0, 0.05) is 17.4 Å². The summed E-state index contributed by atoms with van der Waals surface area (Å²) in [5, 5.41) is 49.8. The van der Waals surface area contributed by atoms with Crippen molar-refractivity contribution in [2.75, 3.05) is 12.4 Å². The molecule has 3 heterocycles. The van der Waals surface area contributed by atoms with E-state index in [0.29, 0.717) is 5.25 Å². The van der Waals surface area contributed by atoms with Crippen molar-refractivity contribution in [1.82, 2.24) is 10.6 Å². The highest BCUT2D eigenvalue weighted by Gasteiger charge is 2.42. The molecule has 0 radical (unpaired) electrons. The number of nitrogens with one attached hydrogen (secondary N) is 2. The Bertz CT molecular complexity index is 642. The number of aliphatic hydroxyl groups excluding tert-OH is 4. The Kier molecular flexibility index (Phi) is 7.78. The summed E-state index contributed by atoms with van der Waals surface area (Å²) in [4.78, 5) is 32.0. The van der Waals surface area contributed by atoms with E-state index in [1.807, 2.05) is 11.8 Å². The van der Waals surface area contributed by atoms with Gasteiger partial charge in [-0.25, -0.2) is 9.59 Å². The number of hydrogen-bond donors (Lipinski definition) is 7. The standard InChI is InChI=1S/C10H16N2O3S.C6H8O6/c13-8(14)4-2-1-3-7-9-6(5-16-7)11-10(15)12-9;7-1-2(8)5-3(9)4(10)6(11)12-5/h6-7,9H,1-5H2,(H,13,14)(H2,11,12,15);2,5,7-10H,1H2/t6-,7-,9-;2-,5+/m00/s1. The molecule has 0 saturated carbocycles. The number of carbonyl (C=O) groups excluding carboxylic acids is 2. The molecule has 7 N–H and O–H groups in total. The van der Waals surface area contributed by atoms with Gasteiger partial charge in [0.05, 0.1) is 18.7 Å². The number of hydrogen-bond acceptors (Lipinski definition) is 9. The van der Waals surface area contributed by atoms with Gasteiger partial charge in [0.15, 0.2) is 11.9 Å². The van der Waals surface area contributed by atoms with E-state index in [1.54, 1.807) is 0 Å². The molecule has 3 rings (SSSR count). The van der Waals surface area contributed by atoms with E-state index in [9.17, 15) is 14.4 Å². The molecule has 0 bridgehead atoms. The maximum Gasteiger partial charge on any atom is 0.377 e. The molecule has 0 unspecified atom stereocenters. The molecule has 158 valence electrons. The number of ether oxygens (including phenoxy) is 1. The van der Waals surface area contributed by atoms with Crippen LogP contribution < -0.4 is 10.6 Å². The summed E-state index contributed by atoms with van der Waals surface area (Å²) in [6.45, 7) is -0.671. The third kappa shape index (κ3) is 5.42. The van der Waals surface area contributed by atoms with Crippen LogP contribution in [0.25, 0.3) is 0 Å². The highest BCUT2D eigenvalue weighted by atomic mass is 32.2. The molecule has 2 fully saturated rings. The van der Waals surface area contributed by atoms with E-state index in [-0.39, 0.29) is 24.5 Å². The first-order valence-electron chi connectivity index (χ1n) is 8.77. The van der Waals surface area contributed by atoms with Crippen molar-refractivity contribution in [2.24, 2.45) is 0 Å². The minimum atomic E-state index is -1.42. The van der Waals surface area contributed by atoms with Gasteiger partial charge < -0.3 is 40.9 Å². The summed E-state index contributed by atoms with van der Waals surface area (Å²) >= 11 is 1.87. The number of rotatable bonds is 7. The van der Waals surface area contributed by atoms with Crippen molar-refractivity contribution < 1.29 is 44.7 Å². The predicted octanol–water partition coefficient (Wildman–Crippen LogP) is -0.611. The molecular formula is C16H24N2O9S. The molecule has 11 nitrogen and oxygen atoms in total. The molecular weight excluding hydrogens is 396 g/mol. The lowest BCUT2D eigenvalue weighted by Gasteiger charge is -2.16. The number of carboxylic acid groups (broad SMARTS) is 1. The maximum absolute atomic E-state index is 11.1. The quantitative estimate of drug-likeness (QED) is 0.159. The van der Waals surface area contributed by atoms with Crippen molar-refractivity contribution in [3.05, 3.63) is 11.5 Å². The van der Waals surface area contributed by atoms with Crippen molar-refractivity contribution in [1.29, 1.82) is 0 Å². The Balaban J connectivity index is 0.000000209. The van der Waals surface area contributed by atoms with Crippen molar-refractivity contribution in [2.45, 2.75) is 55.2 Å². The third-order valence-electron chi connectivity index (χ3n) is 4.54. The second-order valence-corrected chi connectivity index (χ2v) is 7.84. The lowest BCUT2D eigenvalue weighted by atomic mass is 10.0. The minimum Gasteiger partial charge on any atom is -0.505 e. The summed E-state index contributed by atoms with van der Waals surface area (Å²) in [6, 6.07) is 0.440. The molecule has 28 heavy (non-hydrogen) atoms. The number of fused-ring (bicyclic) bond motifs is 1. The molecule has 0 aromatic carbocycles. The molecule has 3 aliphatic heterocycles. The van der Waals surface area contributed by atoms with Crippen LogP contribution in [-0.4, -0.2) is 85.4 Å². The Morgan fingerprint density at radius 3 is 2.54 bits per heavy atom. The van der Waals surface area contributed by atoms with Gasteiger partial charge in [0.2, 0.25) is 5.76 Å². The van der Waals surface area contributed by atoms with Gasteiger partial charge in [0.1, 0.15) is 6.10 Å². The number of carbonyl (C=O) groups is 3. The predicted molar refractivity (Wildman–Crippen MR) is 96.8 cm³/mol. The fraction of sp³-hybridized carbons (Fsp3) is 0.688. The first-order valence-corrected chi connectivity index (χ1v) is 9.81. The lowest BCUT2D eigenvalue weighted by Crippen LogP contribution is -2.36. The lowest BCUT2D eigenvalue weighted by molar-refractivity contribution is -0.147. The molecule has 0 spiro atoms. The van der Waals surface area contributed by atoms with Crippen LogP contribution in [0.15, 0.2) is 11.5 Å². The molecule has 2 saturated heterocycles. The molecule has 2 amide bonds. The Morgan fingerprint density at radius 2 is 1.96 bits per heavy atom. The van der Waals surface area contributed by atoms with E-state index in [0.717, 1.165) is 25.0 Å². The van der Waals surface area contributed by atoms with E-state index in [4.69, 9.17) is 25.5 Å². The van der Waals surface area contributed by atoms with Gasteiger partial charge in [-0.3, -0.25) is 4.79 Å². The van der Waals surface area contributed by atoms with E-state index >= 15 is 0 Å². The zero-order chi connectivity index (χ0) is 20.8. The molecule has 5 atom stereocenters. The van der Waals surface area contributed by atoms with Crippen LogP contribution >= 0.6 is 11.8 Å². The highest BCUT2D eigenvalue weighted by molar-refractivity contribution is 8.00. The van der Waals surface area contributed by atoms with Crippen LogP contribution in [0.2, 0.25) is 0 Å². The second kappa shape index (κ2) is 9.85. The summed E-state index contributed by atoms with van der Waals surface area (Å²) in [7, 11) is 0. The highest BCUT2D eigenvalue weighted by Crippen LogP contribution is 2.33. The second-order valence-electron chi connectivity index (χ2n) is 6.57. The number of cyclic esters (lactones) is 1. The monoisotopic (exact) mass is 420 g/mol. The van der Waals surface area contributed by atoms with Crippen LogP contribution in [0, 0.1) is 0 Å². The number of urea groups is 1. The van der Waals surface area contributed by atoms with E-state index in [2.05, 4.69) is 15.4 Å². The Morgan fingerprint density at radius 1 is 1.25 bits per heavy atom. The number of unbranched alkanes of at least 4 members (excludes halogenated alkanes) is 1. The number of aliphatic carboxylic acids is 1. The van der Waals surface area contributed by atoms with Crippen LogP contribution in [0.4, 0.5) is 4.79 Å². The number of carboxylic acids is 1. The van der Waals surface area contributed by atoms with Crippen molar-refractivity contribution >= 4 is 29.7 Å². The fourth-order valence-electron chi connectivity index (χ4n) is 3.09. The van der Waals surface area contributed by atoms with E-state index in [1.165, 1.54) is 0 Å². The van der Waals surface area contributed by atoms with Gasteiger partial charge in [-0.05, 0) is 12.8 Å². The Labute approximate surface area is 164 Å². The summed E-state index contributed by atoms with van der Waals surface area (Å²) in [5.41, 5.74) is 0. The van der Waals surface area contributed by atoms with Gasteiger partial charge in [-0.15, -0.1) is 0 Å². The molecule has 0 aliphatic carbocycles. The molecule has 0 aromatic rings. The fourth-order valence-corrected chi connectivity index (χ4v) is 4.63. The van der Waals surface area contributed by atoms with Crippen LogP contribution in [0.1, 0.15) is 25.7 Å². The maximum atomic E-state index is 11.1. The van der Waals surface area contributed by atoms with Gasteiger partial charge in [0.25, 0.3) is 0 Å². The Hall–Kier alpha value is -2.18. The third-order valence-corrected chi connectivity index (χ3v) is 6.05. The number of thioether (sulfide) groups is 1. The number of amides is 2. The first kappa shape index (κ1) is 22.1. The minimum absolute atomic E-state index is 0.0640. The molecule has 12 heteroatoms. The van der Waals surface area contributed by atoms with Gasteiger partial charge in [-0.1, -0.05) is 6.42 Å². The molecule has 3 aliphatic rings. The van der Waals surface area contributed by atoms with Crippen LogP contribution in [-0.2, 0) is 14.3 Å². The van der Waals surface area contributed by atoms with Crippen molar-refractivity contribution in [3.8, 4) is 0 Å². The zero-order valence-corrected chi connectivity index (χ0v) is 15.7. The van der Waals surface area contributed by atoms with Crippen LogP contribution in [0.5, 0.6) is 0 Å². The topological polar surface area (TPSA) is 186 Å². The van der Waals surface area contributed by atoms with Gasteiger partial charge >= 0.3 is 18.0 Å². The summed E-state index contributed by atoms with van der Waals surface area (Å²) < 4.78 is 4.32. The van der Waals surface area contributed by atoms with Crippen molar-refractivity contribution in [3.63, 3.8) is 0 Å². The van der Waals surface area contributed by atoms with Gasteiger partial charge in [-0.2, -0.15) is 11.8 Å². The SMILES string of the molecule is O=C(O)CCCC[C@@H]1SC[C@@H]2NC(=O)N[C@@H]21.O=C1O[C@H]([C@@H](O)CO)C(O)=C1O. The average molecular weight is 420 g/mol. The zero-order valence-electron chi connectivity index (χ0n) is 14.9. The average Bonchev–Trinajstić information content (AvgIpc) is 3.28. The summed E-state index contributed by atoms with van der Waals surface area (Å²) in [6.07, 6.45) is 0.104. The van der Waals surface area contributed by atoms with Crippen LogP contribution in [0.3, 0.4) is 0 Å². The first-order chi connectivity index (χ1) is 13.2. The normalized spacial score (nSPS) is 29.4. The molecule has 0 aromatic heterocycles. The smallest absolute Gasteiger partial charge is 0.377 e. The number of aliphatic hydroxyl groups is 4.